The number of pyridine rings is 1. The second-order valence-corrected chi connectivity index (χ2v) is 20.6. The van der Waals surface area contributed by atoms with Crippen molar-refractivity contribution in [2.75, 3.05) is 17.4 Å². The van der Waals surface area contributed by atoms with Gasteiger partial charge in [0.1, 0.15) is 0 Å². The van der Waals surface area contributed by atoms with E-state index in [2.05, 4.69) is 265 Å². The summed E-state index contributed by atoms with van der Waals surface area (Å²) in [6.07, 6.45) is 15.1. The average Bonchev–Trinajstić information content (AvgIpc) is 4.09. The number of nitrogens with zero attached hydrogens (tertiary/aromatic N) is 4. The number of thioether (sulfide) groups is 1. The Morgan fingerprint density at radius 3 is 1.79 bits per heavy atom. The van der Waals surface area contributed by atoms with Crippen molar-refractivity contribution >= 4 is 77.5 Å². The van der Waals surface area contributed by atoms with E-state index < -0.39 is 0 Å². The van der Waals surface area contributed by atoms with E-state index in [4.69, 9.17) is 0 Å². The van der Waals surface area contributed by atoms with Crippen LogP contribution in [0, 0.1) is 26.7 Å². The summed E-state index contributed by atoms with van der Waals surface area (Å²) in [4.78, 5) is 6.91. The summed E-state index contributed by atoms with van der Waals surface area (Å²) in [6.45, 7) is 17.0. The SMILES string of the molecule is CC.CC.CSC.Cc1ccccc1-c1c(C)ccc2cc3c(cc12)c1cc(-c2ccc(N(C4=CC(c5ccccc5C)C(C)C=C4)c4ccc(-n5c6ccccc6c6cnccc65)cc4)cc2)ccc1n3-c1ccccc1. The number of anilines is 2. The molecule has 0 saturated carbocycles. The molecule has 0 bridgehead atoms. The van der Waals surface area contributed by atoms with Crippen molar-refractivity contribution in [1.29, 1.82) is 0 Å². The maximum Gasteiger partial charge on any atom is 0.0571 e. The second kappa shape index (κ2) is 23.5. The first-order valence-corrected chi connectivity index (χ1v) is 29.3. The number of aromatic nitrogens is 3. The van der Waals surface area contributed by atoms with E-state index in [9.17, 15) is 0 Å². The summed E-state index contributed by atoms with van der Waals surface area (Å²) in [6, 6.07) is 73.8. The molecule has 1 aliphatic rings. The lowest BCUT2D eigenvalue weighted by molar-refractivity contribution is 0.626. The second-order valence-electron chi connectivity index (χ2n) is 19.8. The monoisotopic (exact) mass is 1030 g/mol. The lowest BCUT2D eigenvalue weighted by Gasteiger charge is -2.32. The topological polar surface area (TPSA) is 26.0 Å². The third-order valence-corrected chi connectivity index (χ3v) is 15.1. The molecule has 0 fully saturated rings. The fraction of sp³-hybridized carbons (Fsp3) is 0.164. The van der Waals surface area contributed by atoms with Crippen molar-refractivity contribution in [2.45, 2.75) is 61.3 Å². The molecule has 0 N–H and O–H groups in total. The minimum Gasteiger partial charge on any atom is -0.311 e. The van der Waals surface area contributed by atoms with E-state index in [1.165, 1.54) is 88.0 Å². The first-order chi connectivity index (χ1) is 38.3. The van der Waals surface area contributed by atoms with Crippen LogP contribution >= 0.6 is 11.8 Å². The highest BCUT2D eigenvalue weighted by Gasteiger charge is 2.25. The van der Waals surface area contributed by atoms with Gasteiger partial charge in [-0.1, -0.05) is 162 Å². The molecule has 12 aromatic rings. The molecule has 0 aliphatic heterocycles. The normalized spacial score (nSPS) is 13.8. The minimum atomic E-state index is 0.238. The molecule has 4 nitrogen and oxygen atoms in total. The summed E-state index contributed by atoms with van der Waals surface area (Å²) in [5.74, 6) is 0.595. The largest absolute Gasteiger partial charge is 0.311 e. The van der Waals surface area contributed by atoms with Crippen molar-refractivity contribution in [3.8, 4) is 33.6 Å². The highest BCUT2D eigenvalue weighted by molar-refractivity contribution is 7.97. The van der Waals surface area contributed by atoms with Crippen LogP contribution in [0.1, 0.15) is 62.8 Å². The predicted octanol–water partition coefficient (Wildman–Crippen LogP) is 20.7. The Balaban J connectivity index is 0.000000942. The van der Waals surface area contributed by atoms with Crippen molar-refractivity contribution in [3.63, 3.8) is 0 Å². The van der Waals surface area contributed by atoms with Crippen LogP contribution in [0.15, 0.2) is 237 Å². The molecule has 2 unspecified atom stereocenters. The maximum absolute atomic E-state index is 4.49. The third kappa shape index (κ3) is 9.84. The molecule has 9 aromatic carbocycles. The van der Waals surface area contributed by atoms with Gasteiger partial charge < -0.3 is 14.0 Å². The summed E-state index contributed by atoms with van der Waals surface area (Å²) in [5, 5.41) is 7.35. The molecule has 13 rings (SSSR count). The van der Waals surface area contributed by atoms with Crippen LogP contribution in [0.5, 0.6) is 0 Å². The number of hydrogen-bond donors (Lipinski definition) is 0. The zero-order chi connectivity index (χ0) is 54.5. The molecule has 78 heavy (non-hydrogen) atoms. The maximum atomic E-state index is 4.49. The lowest BCUT2D eigenvalue weighted by Crippen LogP contribution is -2.20. The van der Waals surface area contributed by atoms with Crippen LogP contribution in [0.3, 0.4) is 0 Å². The molecule has 0 spiro atoms. The van der Waals surface area contributed by atoms with Crippen molar-refractivity contribution < 1.29 is 0 Å². The molecule has 2 atom stereocenters. The molecule has 388 valence electrons. The smallest absolute Gasteiger partial charge is 0.0571 e. The quantitative estimate of drug-likeness (QED) is 0.152. The van der Waals surface area contributed by atoms with Crippen LogP contribution in [-0.2, 0) is 0 Å². The van der Waals surface area contributed by atoms with Gasteiger partial charge in [-0.15, -0.1) is 0 Å². The Kier molecular flexibility index (Phi) is 16.0. The zero-order valence-corrected chi connectivity index (χ0v) is 47.6. The van der Waals surface area contributed by atoms with E-state index in [1.807, 2.05) is 52.6 Å². The number of fused-ring (bicyclic) bond motifs is 7. The van der Waals surface area contributed by atoms with E-state index in [1.54, 1.807) is 11.8 Å². The molecule has 5 heteroatoms. The van der Waals surface area contributed by atoms with Crippen LogP contribution in [0.25, 0.3) is 88.0 Å². The Bertz CT molecular complexity index is 4070. The highest BCUT2D eigenvalue weighted by atomic mass is 32.2. The zero-order valence-electron chi connectivity index (χ0n) is 46.8. The summed E-state index contributed by atoms with van der Waals surface area (Å²) < 4.78 is 4.79. The van der Waals surface area contributed by atoms with Crippen molar-refractivity contribution in [1.82, 2.24) is 14.1 Å². The third-order valence-electron chi connectivity index (χ3n) is 15.1. The summed E-state index contributed by atoms with van der Waals surface area (Å²) in [7, 11) is 0. The fourth-order valence-electron chi connectivity index (χ4n) is 11.5. The van der Waals surface area contributed by atoms with Gasteiger partial charge in [0.25, 0.3) is 0 Å². The van der Waals surface area contributed by atoms with E-state index in [-0.39, 0.29) is 5.92 Å². The van der Waals surface area contributed by atoms with Gasteiger partial charge in [-0.3, -0.25) is 4.98 Å². The van der Waals surface area contributed by atoms with E-state index in [0.717, 1.165) is 39.3 Å². The van der Waals surface area contributed by atoms with Gasteiger partial charge in [0, 0.05) is 68.3 Å². The average molecular weight is 1040 g/mol. The van der Waals surface area contributed by atoms with Crippen LogP contribution in [0.2, 0.25) is 0 Å². The Labute approximate surface area is 466 Å². The number of benzene rings is 9. The van der Waals surface area contributed by atoms with Gasteiger partial charge in [0.15, 0.2) is 0 Å². The highest BCUT2D eigenvalue weighted by Crippen LogP contribution is 2.43. The molecule has 3 heterocycles. The van der Waals surface area contributed by atoms with Crippen molar-refractivity contribution in [3.05, 3.63) is 259 Å². The number of hydrogen-bond acceptors (Lipinski definition) is 3. The fourth-order valence-corrected chi connectivity index (χ4v) is 11.5. The first kappa shape index (κ1) is 53.0. The molecule has 3 aromatic heterocycles. The Hall–Kier alpha value is -8.38. The van der Waals surface area contributed by atoms with E-state index >= 15 is 0 Å². The number of allylic oxidation sites excluding steroid dienone is 3. The molecule has 1 aliphatic carbocycles. The Morgan fingerprint density at radius 1 is 0.474 bits per heavy atom. The van der Waals surface area contributed by atoms with E-state index in [0.29, 0.717) is 5.92 Å². The first-order valence-electron chi connectivity index (χ1n) is 27.6. The standard InChI is InChI=1S/C67H52N4.C2H6S.2C2H6/c1-43-14-8-10-18-55(43)58-40-54(28-23-45(58)3)69(52-31-33-53(34-32-52)70-63-21-13-12-20-57(63)62-42-68-37-36-65(62)70)51-29-25-47(26-30-51)48-27-35-64-60(38-48)61-41-59-49(39-66(61)71(64)50-16-6-5-7-17-50)24-22-46(4)67(59)56-19-11-9-15-44(56)2;1-3-2;2*1-2/h5-42,45,58H,1-4H3;1-2H3;2*1-2H3. The Morgan fingerprint density at radius 2 is 1.06 bits per heavy atom. The molecule has 0 amide bonds. The van der Waals surface area contributed by atoms with Gasteiger partial charge in [-0.25, -0.2) is 0 Å². The summed E-state index contributed by atoms with van der Waals surface area (Å²) >= 11 is 1.75. The summed E-state index contributed by atoms with van der Waals surface area (Å²) in [5.41, 5.74) is 20.5. The molecular formula is C73H70N4S. The number of rotatable bonds is 8. The van der Waals surface area contributed by atoms with Crippen LogP contribution < -0.4 is 4.90 Å². The predicted molar refractivity (Wildman–Crippen MR) is 342 cm³/mol. The number of aryl methyl sites for hydroxylation is 3. The van der Waals surface area contributed by atoms with Crippen LogP contribution in [0.4, 0.5) is 11.4 Å². The van der Waals surface area contributed by atoms with Gasteiger partial charge in [-0.05, 0) is 185 Å². The lowest BCUT2D eigenvalue weighted by atomic mass is 9.81. The van der Waals surface area contributed by atoms with Gasteiger partial charge in [0.05, 0.1) is 22.1 Å². The van der Waals surface area contributed by atoms with Crippen molar-refractivity contribution in [2.24, 2.45) is 5.92 Å². The number of para-hydroxylation sites is 2. The minimum absolute atomic E-state index is 0.238. The molecular weight excluding hydrogens is 965 g/mol. The van der Waals surface area contributed by atoms with Gasteiger partial charge in [0.2, 0.25) is 0 Å². The van der Waals surface area contributed by atoms with Gasteiger partial charge in [-0.2, -0.15) is 11.8 Å². The van der Waals surface area contributed by atoms with Crippen LogP contribution in [-0.4, -0.2) is 26.6 Å². The molecule has 0 radical (unpaired) electrons. The molecule has 0 saturated heterocycles. The van der Waals surface area contributed by atoms with Gasteiger partial charge >= 0.3 is 0 Å².